The highest BCUT2D eigenvalue weighted by Gasteiger charge is 2.24. The number of nitrogens with one attached hydrogen (secondary N) is 1. The normalized spacial score (nSPS) is 11.3. The van der Waals surface area contributed by atoms with Crippen molar-refractivity contribution in [1.82, 2.24) is 5.32 Å². The summed E-state index contributed by atoms with van der Waals surface area (Å²) in [5.41, 5.74) is -0.507. The Bertz CT molecular complexity index is 264. The molecule has 0 aliphatic heterocycles. The first-order chi connectivity index (χ1) is 8.37. The molecule has 0 aliphatic rings. The first kappa shape index (κ1) is 16.9. The quantitative estimate of drug-likeness (QED) is 0.519. The monoisotopic (exact) mass is 259 g/mol. The second-order valence-corrected chi connectivity index (χ2v) is 5.40. The van der Waals surface area contributed by atoms with Crippen LogP contribution < -0.4 is 5.32 Å². The van der Waals surface area contributed by atoms with Crippen LogP contribution in [0.15, 0.2) is 0 Å². The van der Waals surface area contributed by atoms with E-state index in [1.807, 2.05) is 0 Å². The smallest absolute Gasteiger partial charge is 0.303 e. The Labute approximate surface area is 109 Å². The highest BCUT2D eigenvalue weighted by Crippen LogP contribution is 2.24. The van der Waals surface area contributed by atoms with Gasteiger partial charge >= 0.3 is 5.97 Å². The van der Waals surface area contributed by atoms with E-state index in [1.165, 1.54) is 0 Å². The Hall–Kier alpha value is -1.10. The maximum Gasteiger partial charge on any atom is 0.303 e. The molecule has 5 heteroatoms. The summed E-state index contributed by atoms with van der Waals surface area (Å²) in [5, 5.41) is 20.1. The molecule has 106 valence electrons. The largest absolute Gasteiger partial charge is 0.481 e. The van der Waals surface area contributed by atoms with Crippen molar-refractivity contribution in [2.75, 3.05) is 13.2 Å². The molecule has 0 spiro atoms. The number of aliphatic hydroxyl groups excluding tert-OH is 1. The lowest BCUT2D eigenvalue weighted by Crippen LogP contribution is -2.30. The van der Waals surface area contributed by atoms with E-state index in [1.54, 1.807) is 13.8 Å². The first-order valence-electron chi connectivity index (χ1n) is 6.47. The molecule has 0 unspecified atom stereocenters. The zero-order chi connectivity index (χ0) is 14.0. The first-order valence-corrected chi connectivity index (χ1v) is 6.47. The number of aliphatic carboxylic acids is 1. The summed E-state index contributed by atoms with van der Waals surface area (Å²) >= 11 is 0. The highest BCUT2D eigenvalue weighted by molar-refractivity contribution is 5.77. The molecule has 0 aromatic heterocycles. The van der Waals surface area contributed by atoms with Gasteiger partial charge < -0.3 is 15.5 Å². The third-order valence-electron chi connectivity index (χ3n) is 2.68. The molecule has 0 rings (SSSR count). The van der Waals surface area contributed by atoms with E-state index in [9.17, 15) is 9.59 Å². The average Bonchev–Trinajstić information content (AvgIpc) is 2.20. The second kappa shape index (κ2) is 8.91. The average molecular weight is 259 g/mol. The van der Waals surface area contributed by atoms with Gasteiger partial charge in [0.25, 0.3) is 0 Å². The molecule has 0 saturated carbocycles. The van der Waals surface area contributed by atoms with Crippen LogP contribution in [0.3, 0.4) is 0 Å². The molecule has 18 heavy (non-hydrogen) atoms. The molecule has 0 heterocycles. The molecule has 3 N–H and O–H groups in total. The molecular formula is C13H25NO4. The lowest BCUT2D eigenvalue weighted by atomic mass is 9.85. The Kier molecular flexibility index (Phi) is 8.37. The highest BCUT2D eigenvalue weighted by atomic mass is 16.4. The second-order valence-electron chi connectivity index (χ2n) is 5.40. The van der Waals surface area contributed by atoms with E-state index in [0.29, 0.717) is 6.54 Å². The van der Waals surface area contributed by atoms with Crippen LogP contribution in [-0.2, 0) is 9.59 Å². The summed E-state index contributed by atoms with van der Waals surface area (Å²) in [4.78, 5) is 22.2. The minimum Gasteiger partial charge on any atom is -0.481 e. The van der Waals surface area contributed by atoms with Crippen LogP contribution in [0.1, 0.15) is 52.4 Å². The Morgan fingerprint density at radius 3 is 2.22 bits per heavy atom. The maximum atomic E-state index is 11.6. The van der Waals surface area contributed by atoms with Gasteiger partial charge in [0.2, 0.25) is 5.91 Å². The van der Waals surface area contributed by atoms with Crippen molar-refractivity contribution >= 4 is 11.9 Å². The summed E-state index contributed by atoms with van der Waals surface area (Å²) in [6, 6.07) is 0. The fraction of sp³-hybridized carbons (Fsp3) is 0.846. The molecule has 5 nitrogen and oxygen atoms in total. The van der Waals surface area contributed by atoms with Crippen molar-refractivity contribution in [2.45, 2.75) is 52.4 Å². The fourth-order valence-corrected chi connectivity index (χ4v) is 1.79. The SMILES string of the molecule is CC(C)(CC(=O)O)CC(=O)NCCCCCCO. The van der Waals surface area contributed by atoms with E-state index >= 15 is 0 Å². The van der Waals surface area contributed by atoms with Gasteiger partial charge in [0.15, 0.2) is 0 Å². The number of aliphatic hydroxyl groups is 1. The van der Waals surface area contributed by atoms with E-state index in [2.05, 4.69) is 5.32 Å². The minimum atomic E-state index is -0.878. The van der Waals surface area contributed by atoms with Crippen LogP contribution in [0.25, 0.3) is 0 Å². The van der Waals surface area contributed by atoms with E-state index < -0.39 is 11.4 Å². The van der Waals surface area contributed by atoms with Crippen LogP contribution in [0, 0.1) is 5.41 Å². The van der Waals surface area contributed by atoms with E-state index in [0.717, 1.165) is 25.7 Å². The number of carbonyl (C=O) groups is 2. The van der Waals surface area contributed by atoms with Crippen molar-refractivity contribution in [3.8, 4) is 0 Å². The molecular weight excluding hydrogens is 234 g/mol. The molecule has 0 radical (unpaired) electrons. The van der Waals surface area contributed by atoms with Gasteiger partial charge in [-0.1, -0.05) is 26.7 Å². The van der Waals surface area contributed by atoms with Crippen LogP contribution in [0.2, 0.25) is 0 Å². The number of carboxylic acids is 1. The topological polar surface area (TPSA) is 86.6 Å². The molecule has 1 amide bonds. The molecule has 0 aliphatic carbocycles. The standard InChI is InChI=1S/C13H25NO4/c1-13(2,10-12(17)18)9-11(16)14-7-5-3-4-6-8-15/h15H,3-10H2,1-2H3,(H,14,16)(H,17,18). The number of carbonyl (C=O) groups excluding carboxylic acids is 1. The zero-order valence-electron chi connectivity index (χ0n) is 11.4. The summed E-state index contributed by atoms with van der Waals surface area (Å²) < 4.78 is 0. The van der Waals surface area contributed by atoms with Crippen LogP contribution in [0.5, 0.6) is 0 Å². The Balaban J connectivity index is 3.67. The molecule has 0 aromatic rings. The third kappa shape index (κ3) is 10.1. The number of amides is 1. The van der Waals surface area contributed by atoms with Crippen molar-refractivity contribution in [3.05, 3.63) is 0 Å². The molecule has 0 saturated heterocycles. The van der Waals surface area contributed by atoms with Crippen molar-refractivity contribution in [3.63, 3.8) is 0 Å². The molecule has 0 fully saturated rings. The van der Waals surface area contributed by atoms with Crippen molar-refractivity contribution in [2.24, 2.45) is 5.41 Å². The minimum absolute atomic E-state index is 0.00306. The fourth-order valence-electron chi connectivity index (χ4n) is 1.79. The van der Waals surface area contributed by atoms with Gasteiger partial charge in [0, 0.05) is 19.6 Å². The number of unbranched alkanes of at least 4 members (excludes halogenated alkanes) is 3. The van der Waals surface area contributed by atoms with Gasteiger partial charge in [-0.05, 0) is 18.3 Å². The van der Waals surface area contributed by atoms with Crippen LogP contribution >= 0.6 is 0 Å². The molecule has 0 atom stereocenters. The summed E-state index contributed by atoms with van der Waals surface area (Å²) in [6.07, 6.45) is 3.88. The van der Waals surface area contributed by atoms with Gasteiger partial charge in [-0.15, -0.1) is 0 Å². The summed E-state index contributed by atoms with van der Waals surface area (Å²) in [6.45, 7) is 4.40. The van der Waals surface area contributed by atoms with Crippen molar-refractivity contribution in [1.29, 1.82) is 0 Å². The van der Waals surface area contributed by atoms with Gasteiger partial charge in [-0.2, -0.15) is 0 Å². The van der Waals surface area contributed by atoms with E-state index in [-0.39, 0.29) is 25.4 Å². The third-order valence-corrected chi connectivity index (χ3v) is 2.68. The van der Waals surface area contributed by atoms with Gasteiger partial charge in [-0.25, -0.2) is 0 Å². The lowest BCUT2D eigenvalue weighted by Gasteiger charge is -2.21. The maximum absolute atomic E-state index is 11.6. The van der Waals surface area contributed by atoms with Crippen LogP contribution in [0.4, 0.5) is 0 Å². The predicted molar refractivity (Wildman–Crippen MR) is 69.2 cm³/mol. The number of hydrogen-bond donors (Lipinski definition) is 3. The van der Waals surface area contributed by atoms with Crippen molar-refractivity contribution < 1.29 is 19.8 Å². The van der Waals surface area contributed by atoms with Gasteiger partial charge in [0.05, 0.1) is 6.42 Å². The number of carboxylic acid groups (broad SMARTS) is 1. The Morgan fingerprint density at radius 2 is 1.67 bits per heavy atom. The van der Waals surface area contributed by atoms with Crippen LogP contribution in [-0.4, -0.2) is 35.2 Å². The van der Waals surface area contributed by atoms with E-state index in [4.69, 9.17) is 10.2 Å². The zero-order valence-corrected chi connectivity index (χ0v) is 11.4. The van der Waals surface area contributed by atoms with Gasteiger partial charge in [-0.3, -0.25) is 9.59 Å². The molecule has 0 bridgehead atoms. The lowest BCUT2D eigenvalue weighted by molar-refractivity contribution is -0.139. The Morgan fingerprint density at radius 1 is 1.06 bits per heavy atom. The molecule has 0 aromatic carbocycles. The summed E-state index contributed by atoms with van der Waals surface area (Å²) in [5.74, 6) is -0.972. The van der Waals surface area contributed by atoms with Gasteiger partial charge in [0.1, 0.15) is 0 Å². The number of hydrogen-bond acceptors (Lipinski definition) is 3. The predicted octanol–water partition coefficient (Wildman–Crippen LogP) is 1.55. The number of rotatable bonds is 10. The summed E-state index contributed by atoms with van der Waals surface area (Å²) in [7, 11) is 0.